The predicted octanol–water partition coefficient (Wildman–Crippen LogP) is -1.03. The molecule has 1 aromatic rings. The molecular formula is C73H110N4O38. The molecule has 4 aliphatic rings. The van der Waals surface area contributed by atoms with Crippen LogP contribution in [0.4, 0.5) is 0 Å². The molecule has 3 heterocycles. The Hall–Kier alpha value is -8.79. The Labute approximate surface area is 664 Å². The van der Waals surface area contributed by atoms with Crippen LogP contribution in [-0.4, -0.2) is 325 Å². The van der Waals surface area contributed by atoms with Crippen LogP contribution in [0.2, 0.25) is 0 Å². The van der Waals surface area contributed by atoms with Gasteiger partial charge in [0.15, 0.2) is 67.0 Å². The molecule has 3 saturated heterocycles. The van der Waals surface area contributed by atoms with E-state index in [1.807, 2.05) is 0 Å². The second kappa shape index (κ2) is 52.0. The van der Waals surface area contributed by atoms with Gasteiger partial charge in [-0.05, 0) is 37.8 Å². The molecule has 0 aromatic heterocycles. The van der Waals surface area contributed by atoms with Crippen molar-refractivity contribution < 1.29 is 181 Å². The summed E-state index contributed by atoms with van der Waals surface area (Å²) in [7, 11) is 0. The minimum Gasteiger partial charge on any atom is -0.487 e. The van der Waals surface area contributed by atoms with Crippen LogP contribution in [0.25, 0.3) is 0 Å². The quantitative estimate of drug-likeness (QED) is 0.0296. The fraction of sp³-hybridized carbons (Fsp3) is 0.740. The van der Waals surface area contributed by atoms with Gasteiger partial charge in [-0.3, -0.25) is 62.3 Å². The van der Waals surface area contributed by atoms with E-state index in [0.29, 0.717) is 25.7 Å². The second-order valence-corrected chi connectivity index (χ2v) is 26.3. The molecule has 4 amide bonds. The van der Waals surface area contributed by atoms with Crippen LogP contribution < -0.4 is 35.5 Å². The number of amides is 4. The highest BCUT2D eigenvalue weighted by molar-refractivity contribution is 5.96. The maximum absolute atomic E-state index is 14.1. The molecule has 4 fully saturated rings. The second-order valence-electron chi connectivity index (χ2n) is 26.3. The van der Waals surface area contributed by atoms with Crippen LogP contribution in [0.15, 0.2) is 12.1 Å². The minimum absolute atomic E-state index is 0.0283. The Morgan fingerprint density at radius 3 is 0.861 bits per heavy atom. The molecule has 1 aliphatic carbocycles. The van der Waals surface area contributed by atoms with Gasteiger partial charge < -0.3 is 140 Å². The Balaban J connectivity index is 1.25. The molecule has 42 heteroatoms. The van der Waals surface area contributed by atoms with Crippen molar-refractivity contribution in [3.05, 3.63) is 17.7 Å². The van der Waals surface area contributed by atoms with Gasteiger partial charge in [0.2, 0.25) is 23.5 Å². The normalized spacial score (nSPS) is 25.0. The lowest BCUT2D eigenvalue weighted by Crippen LogP contribution is -2.66. The van der Waals surface area contributed by atoms with Gasteiger partial charge in [0, 0.05) is 94.7 Å². The van der Waals surface area contributed by atoms with E-state index in [4.69, 9.17) is 114 Å². The summed E-state index contributed by atoms with van der Waals surface area (Å²) in [5, 5.41) is 21.1. The lowest BCUT2D eigenvalue weighted by Gasteiger charge is -2.44. The van der Waals surface area contributed by atoms with E-state index >= 15 is 0 Å². The molecule has 0 bridgehead atoms. The number of hydrogen-bond acceptors (Lipinski definition) is 38. The number of ether oxygens (including phenoxy) is 24. The standard InChI is InChI=1S/C73H110N4O38/c1-40(78)74-60-67(110-49(10)87)64(107-46(7)84)57(37-104-43(4)81)113-71(60)101-32-26-95-20-17-92-23-29-98-55-35-52(70(91)77-53-13-15-54(90)16-14-53)36-56(99-30-24-93-18-21-96-27-33-102-72-61(75-41(2)79)68(111-50(11)88)65(108-47(8)85)58(114-72)38-105-44(5)82)63(55)100-31-25-94-19-22-97-28-34-103-73-62(76-42(3)80)69(112-51(12)89)66(109-48(9)86)59(115-73)39-106-45(6)83/h35-36,53-54,57-62,64-69,71-73,90H,13-34,37-39H2,1-12H3,(H,74,78)(H,75,79)(H,76,80)(H,77,91)/t53-,54-,57-,58-,59-,60-,61-,62-,64+,65+,66+,67-,68-,69-,71-,72-,73-/m1/s1. The summed E-state index contributed by atoms with van der Waals surface area (Å²) in [5.41, 5.74) is 0.118. The number of nitrogens with one attached hydrogen (secondary N) is 4. The van der Waals surface area contributed by atoms with Gasteiger partial charge >= 0.3 is 53.7 Å². The van der Waals surface area contributed by atoms with E-state index in [0.717, 1.165) is 62.3 Å². The average Bonchev–Trinajstić information content (AvgIpc) is 0.799. The molecular weight excluding hydrogens is 1540 g/mol. The van der Waals surface area contributed by atoms with Gasteiger partial charge in [-0.2, -0.15) is 0 Å². The van der Waals surface area contributed by atoms with Gasteiger partial charge in [-0.25, -0.2) is 0 Å². The molecule has 650 valence electrons. The highest BCUT2D eigenvalue weighted by atomic mass is 16.7. The SMILES string of the molecule is CC(=O)N[C@H]1[C@H](OCCOCCOCCOc2cc(C(=O)N[C@H]3CC[C@H](O)CC3)cc(OCCOCCOCCO[C@@H]3O[C@H](COC(C)=O)[C@H](OC(C)=O)[C@H](OC(C)=O)[C@H]3NC(C)=O)c2OCCOCCOCCO[C@@H]2O[C@H](COC(C)=O)[C@H](OC(C)=O)[C@H](OC(C)=O)[C@H]2NC(C)=O)O[C@H](COC(C)=O)[C@H](OC(C)=O)[C@@H]1OC(C)=O. The van der Waals surface area contributed by atoms with Crippen molar-refractivity contribution in [1.29, 1.82) is 0 Å². The van der Waals surface area contributed by atoms with Crippen molar-refractivity contribution in [2.75, 3.05) is 139 Å². The summed E-state index contributed by atoms with van der Waals surface area (Å²) in [6, 6.07) is -0.917. The number of aliphatic hydroxyl groups is 1. The van der Waals surface area contributed by atoms with Gasteiger partial charge in [0.25, 0.3) is 5.91 Å². The Morgan fingerprint density at radius 2 is 0.591 bits per heavy atom. The lowest BCUT2D eigenvalue weighted by atomic mass is 9.93. The summed E-state index contributed by atoms with van der Waals surface area (Å²) < 4.78 is 138. The van der Waals surface area contributed by atoms with Gasteiger partial charge in [-0.1, -0.05) is 0 Å². The summed E-state index contributed by atoms with van der Waals surface area (Å²) in [6.45, 7) is 11.6. The van der Waals surface area contributed by atoms with E-state index < -0.39 is 195 Å². The smallest absolute Gasteiger partial charge is 0.303 e. The first kappa shape index (κ1) is 96.8. The highest BCUT2D eigenvalue weighted by Crippen LogP contribution is 2.40. The van der Waals surface area contributed by atoms with E-state index in [2.05, 4.69) is 21.3 Å². The number of esters is 9. The molecule has 5 rings (SSSR count). The predicted molar refractivity (Wildman–Crippen MR) is 383 cm³/mol. The van der Waals surface area contributed by atoms with Crippen LogP contribution in [0.5, 0.6) is 17.2 Å². The molecule has 5 N–H and O–H groups in total. The molecule has 0 unspecified atom stereocenters. The average molecular weight is 1650 g/mol. The lowest BCUT2D eigenvalue weighted by molar-refractivity contribution is -0.279. The number of carbonyl (C=O) groups is 13. The van der Waals surface area contributed by atoms with Crippen molar-refractivity contribution in [3.63, 3.8) is 0 Å². The zero-order chi connectivity index (χ0) is 84.5. The molecule has 115 heavy (non-hydrogen) atoms. The van der Waals surface area contributed by atoms with Crippen LogP contribution in [-0.2, 0) is 157 Å². The third-order valence-corrected chi connectivity index (χ3v) is 16.6. The monoisotopic (exact) mass is 1650 g/mol. The maximum Gasteiger partial charge on any atom is 0.303 e. The van der Waals surface area contributed by atoms with Gasteiger partial charge in [-0.15, -0.1) is 0 Å². The third-order valence-electron chi connectivity index (χ3n) is 16.6. The van der Waals surface area contributed by atoms with E-state index in [1.165, 1.54) is 32.9 Å². The zero-order valence-corrected chi connectivity index (χ0v) is 66.7. The first-order valence-electron chi connectivity index (χ1n) is 37.4. The largest absolute Gasteiger partial charge is 0.487 e. The Kier molecular flexibility index (Phi) is 43.8. The molecule has 15 atom stereocenters. The number of carbonyl (C=O) groups excluding carboxylic acids is 13. The Morgan fingerprint density at radius 1 is 0.330 bits per heavy atom. The van der Waals surface area contributed by atoms with Crippen LogP contribution >= 0.6 is 0 Å². The molecule has 3 aliphatic heterocycles. The first-order chi connectivity index (χ1) is 54.8. The summed E-state index contributed by atoms with van der Waals surface area (Å²) in [6.07, 6.45) is -14.0. The van der Waals surface area contributed by atoms with Gasteiger partial charge in [0.05, 0.1) is 105 Å². The van der Waals surface area contributed by atoms with Crippen molar-refractivity contribution >= 4 is 77.4 Å². The van der Waals surface area contributed by atoms with E-state index in [1.54, 1.807) is 0 Å². The number of aliphatic hydroxyl groups excluding tert-OH is 1. The van der Waals surface area contributed by atoms with Gasteiger partial charge in [0.1, 0.15) is 76.1 Å². The molecule has 0 spiro atoms. The highest BCUT2D eigenvalue weighted by Gasteiger charge is 2.54. The number of benzene rings is 1. The first-order valence-corrected chi connectivity index (χ1v) is 37.4. The van der Waals surface area contributed by atoms with Crippen LogP contribution in [0.1, 0.15) is 119 Å². The fourth-order valence-corrected chi connectivity index (χ4v) is 12.1. The van der Waals surface area contributed by atoms with Crippen molar-refractivity contribution in [2.24, 2.45) is 0 Å². The topological polar surface area (TPSA) is 512 Å². The number of hydrogen-bond donors (Lipinski definition) is 5. The Bertz CT molecular complexity index is 3150. The van der Waals surface area contributed by atoms with Crippen LogP contribution in [0.3, 0.4) is 0 Å². The minimum atomic E-state index is -1.33. The summed E-state index contributed by atoms with van der Waals surface area (Å²) in [4.78, 5) is 160. The molecule has 1 aromatic carbocycles. The third kappa shape index (κ3) is 36.5. The maximum atomic E-state index is 14.1. The van der Waals surface area contributed by atoms with Crippen molar-refractivity contribution in [1.82, 2.24) is 21.3 Å². The fourth-order valence-electron chi connectivity index (χ4n) is 12.1. The van der Waals surface area contributed by atoms with E-state index in [9.17, 15) is 67.4 Å². The summed E-state index contributed by atoms with van der Waals surface area (Å²) >= 11 is 0. The van der Waals surface area contributed by atoms with Crippen molar-refractivity contribution in [2.45, 2.75) is 213 Å². The number of rotatable bonds is 50. The van der Waals surface area contributed by atoms with E-state index in [-0.39, 0.29) is 148 Å². The molecule has 0 radical (unpaired) electrons. The molecule has 42 nitrogen and oxygen atoms in total. The zero-order valence-electron chi connectivity index (χ0n) is 66.7. The molecule has 1 saturated carbocycles. The van der Waals surface area contributed by atoms with Crippen LogP contribution in [0, 0.1) is 0 Å². The van der Waals surface area contributed by atoms with Crippen molar-refractivity contribution in [3.8, 4) is 17.2 Å². The summed E-state index contributed by atoms with van der Waals surface area (Å²) in [5.74, 6) is -8.69.